The van der Waals surface area contributed by atoms with Gasteiger partial charge in [0.25, 0.3) is 0 Å². The Bertz CT molecular complexity index is 211. The van der Waals surface area contributed by atoms with Gasteiger partial charge in [0, 0.05) is 17.5 Å². The minimum atomic E-state index is -0.292. The molecule has 0 saturated heterocycles. The third kappa shape index (κ3) is 5.90. The molecule has 0 rings (SSSR count). The lowest BCUT2D eigenvalue weighted by Gasteiger charge is -2.31. The molecule has 0 aromatic carbocycles. The first-order chi connectivity index (χ1) is 6.58. The van der Waals surface area contributed by atoms with E-state index in [0.29, 0.717) is 6.54 Å². The molecule has 3 nitrogen and oxygen atoms in total. The lowest BCUT2D eigenvalue weighted by atomic mass is 9.85. The summed E-state index contributed by atoms with van der Waals surface area (Å²) in [6.07, 6.45) is 0. The highest BCUT2D eigenvalue weighted by molar-refractivity contribution is 5.89. The van der Waals surface area contributed by atoms with Gasteiger partial charge in [-0.15, -0.1) is 0 Å². The van der Waals surface area contributed by atoms with Crippen molar-refractivity contribution in [1.82, 2.24) is 10.6 Å². The molecule has 0 aliphatic carbocycles. The van der Waals surface area contributed by atoms with Crippen molar-refractivity contribution in [2.45, 2.75) is 53.1 Å². The molecular weight excluding hydrogens is 188 g/mol. The van der Waals surface area contributed by atoms with Crippen molar-refractivity contribution in [3.63, 3.8) is 0 Å². The van der Waals surface area contributed by atoms with Gasteiger partial charge in [0.05, 0.1) is 6.04 Å². The van der Waals surface area contributed by atoms with Gasteiger partial charge in [-0.05, 0) is 27.8 Å². The highest BCUT2D eigenvalue weighted by Crippen LogP contribution is 2.18. The predicted molar refractivity (Wildman–Crippen MR) is 65.1 cm³/mol. The molecule has 0 heterocycles. The van der Waals surface area contributed by atoms with Crippen LogP contribution < -0.4 is 10.6 Å². The topological polar surface area (TPSA) is 41.1 Å². The van der Waals surface area contributed by atoms with Crippen molar-refractivity contribution in [2.75, 3.05) is 13.6 Å². The van der Waals surface area contributed by atoms with E-state index in [4.69, 9.17) is 0 Å². The number of hydrogen-bond acceptors (Lipinski definition) is 3. The van der Waals surface area contributed by atoms with Gasteiger partial charge in [-0.25, -0.2) is 0 Å². The number of ketones is 1. The average Bonchev–Trinajstić information content (AvgIpc) is 1.98. The van der Waals surface area contributed by atoms with E-state index in [0.717, 1.165) is 0 Å². The Hall–Kier alpha value is -0.410. The number of nitrogens with one attached hydrogen (secondary N) is 2. The van der Waals surface area contributed by atoms with Gasteiger partial charge in [0.1, 0.15) is 0 Å². The van der Waals surface area contributed by atoms with E-state index in [-0.39, 0.29) is 22.8 Å². The molecule has 0 aromatic rings. The van der Waals surface area contributed by atoms with Crippen LogP contribution in [0.2, 0.25) is 0 Å². The molecule has 0 radical (unpaired) electrons. The number of hydrogen-bond donors (Lipinski definition) is 2. The van der Waals surface area contributed by atoms with Crippen LogP contribution in [-0.2, 0) is 4.79 Å². The smallest absolute Gasteiger partial charge is 0.156 e. The molecule has 0 amide bonds. The van der Waals surface area contributed by atoms with E-state index in [2.05, 4.69) is 31.4 Å². The lowest BCUT2D eigenvalue weighted by molar-refractivity contribution is -0.128. The molecule has 0 aliphatic heterocycles. The molecule has 15 heavy (non-hydrogen) atoms. The summed E-state index contributed by atoms with van der Waals surface area (Å²) in [5.41, 5.74) is -0.331. The third-order valence-corrected chi connectivity index (χ3v) is 2.07. The molecule has 0 aromatic heterocycles. The fraction of sp³-hybridized carbons (Fsp3) is 0.917. The van der Waals surface area contributed by atoms with Gasteiger partial charge in [-0.2, -0.15) is 0 Å². The van der Waals surface area contributed by atoms with E-state index >= 15 is 0 Å². The summed E-state index contributed by atoms with van der Waals surface area (Å²) < 4.78 is 0. The van der Waals surface area contributed by atoms with Gasteiger partial charge in [-0.1, -0.05) is 20.8 Å². The van der Waals surface area contributed by atoms with Crippen LogP contribution in [0.3, 0.4) is 0 Å². The summed E-state index contributed by atoms with van der Waals surface area (Å²) in [6, 6.07) is -0.116. The largest absolute Gasteiger partial charge is 0.318 e. The van der Waals surface area contributed by atoms with Gasteiger partial charge in [-0.3, -0.25) is 4.79 Å². The Balaban J connectivity index is 4.60. The van der Waals surface area contributed by atoms with Gasteiger partial charge in [0.2, 0.25) is 0 Å². The summed E-state index contributed by atoms with van der Waals surface area (Å²) in [7, 11) is 1.87. The Labute approximate surface area is 94.0 Å². The predicted octanol–water partition coefficient (Wildman–Crippen LogP) is 1.58. The second kappa shape index (κ2) is 5.08. The number of carbonyl (C=O) groups excluding carboxylic acids is 1. The molecule has 90 valence electrons. The molecule has 1 unspecified atom stereocenters. The molecule has 0 saturated carbocycles. The normalized spacial score (nSPS) is 15.1. The zero-order chi connectivity index (χ0) is 12.3. The quantitative estimate of drug-likeness (QED) is 0.746. The summed E-state index contributed by atoms with van der Waals surface area (Å²) in [6.45, 7) is 12.8. The molecular formula is C12H26N2O. The first-order valence-corrected chi connectivity index (χ1v) is 5.54. The molecule has 0 bridgehead atoms. The number of carbonyl (C=O) groups is 1. The Morgan fingerprint density at radius 2 is 1.60 bits per heavy atom. The van der Waals surface area contributed by atoms with Gasteiger partial charge < -0.3 is 10.6 Å². The summed E-state index contributed by atoms with van der Waals surface area (Å²) >= 11 is 0. The SMILES string of the molecule is CNCC(NC(C)(C)C)C(=O)C(C)(C)C. The van der Waals surface area contributed by atoms with E-state index < -0.39 is 0 Å². The second-order valence-corrected chi connectivity index (χ2v) is 6.12. The van der Waals surface area contributed by atoms with Crippen LogP contribution >= 0.6 is 0 Å². The van der Waals surface area contributed by atoms with Crippen LogP contribution in [0, 0.1) is 5.41 Å². The van der Waals surface area contributed by atoms with Crippen molar-refractivity contribution in [3.05, 3.63) is 0 Å². The number of rotatable bonds is 4. The van der Waals surface area contributed by atoms with Crippen LogP contribution in [0.15, 0.2) is 0 Å². The standard InChI is InChI=1S/C12H26N2O/c1-11(2,3)10(15)9(8-13-7)14-12(4,5)6/h9,13-14H,8H2,1-7H3. The van der Waals surface area contributed by atoms with Crippen molar-refractivity contribution >= 4 is 5.78 Å². The minimum absolute atomic E-state index is 0.0393. The van der Waals surface area contributed by atoms with Crippen molar-refractivity contribution in [2.24, 2.45) is 5.41 Å². The van der Waals surface area contributed by atoms with Crippen LogP contribution in [0.25, 0.3) is 0 Å². The first-order valence-electron chi connectivity index (χ1n) is 5.54. The summed E-state index contributed by atoms with van der Waals surface area (Å²) in [4.78, 5) is 12.1. The second-order valence-electron chi connectivity index (χ2n) is 6.12. The third-order valence-electron chi connectivity index (χ3n) is 2.07. The van der Waals surface area contributed by atoms with Crippen LogP contribution in [-0.4, -0.2) is 31.0 Å². The van der Waals surface area contributed by atoms with Crippen LogP contribution in [0.5, 0.6) is 0 Å². The average molecular weight is 214 g/mol. The highest BCUT2D eigenvalue weighted by atomic mass is 16.1. The molecule has 3 heteroatoms. The maximum Gasteiger partial charge on any atom is 0.156 e. The zero-order valence-electron chi connectivity index (χ0n) is 11.2. The first kappa shape index (κ1) is 14.6. The van der Waals surface area contributed by atoms with Crippen molar-refractivity contribution < 1.29 is 4.79 Å². The summed E-state index contributed by atoms with van der Waals surface area (Å²) in [5.74, 6) is 0.256. The fourth-order valence-electron chi connectivity index (χ4n) is 1.46. The molecule has 1 atom stereocenters. The van der Waals surface area contributed by atoms with E-state index in [1.54, 1.807) is 0 Å². The number of Topliss-reactive ketones (excluding diaryl/α,β-unsaturated/α-hetero) is 1. The van der Waals surface area contributed by atoms with Gasteiger partial charge in [0.15, 0.2) is 5.78 Å². The van der Waals surface area contributed by atoms with Crippen molar-refractivity contribution in [3.8, 4) is 0 Å². The van der Waals surface area contributed by atoms with Crippen LogP contribution in [0.4, 0.5) is 0 Å². The molecule has 0 spiro atoms. The molecule has 2 N–H and O–H groups in total. The Morgan fingerprint density at radius 3 is 1.87 bits per heavy atom. The molecule has 0 aliphatic rings. The van der Waals surface area contributed by atoms with Gasteiger partial charge >= 0.3 is 0 Å². The van der Waals surface area contributed by atoms with Crippen molar-refractivity contribution in [1.29, 1.82) is 0 Å². The molecule has 0 fully saturated rings. The lowest BCUT2D eigenvalue weighted by Crippen LogP contribution is -2.54. The van der Waals surface area contributed by atoms with E-state index in [9.17, 15) is 4.79 Å². The maximum atomic E-state index is 12.1. The summed E-state index contributed by atoms with van der Waals surface area (Å²) in [5, 5.41) is 6.41. The Morgan fingerprint density at radius 1 is 1.13 bits per heavy atom. The minimum Gasteiger partial charge on any atom is -0.318 e. The fourth-order valence-corrected chi connectivity index (χ4v) is 1.46. The monoisotopic (exact) mass is 214 g/mol. The van der Waals surface area contributed by atoms with E-state index in [1.165, 1.54) is 0 Å². The Kier molecular flexibility index (Phi) is 4.94. The number of likely N-dealkylation sites (N-methyl/N-ethyl adjacent to an activating group) is 1. The zero-order valence-corrected chi connectivity index (χ0v) is 11.2. The highest BCUT2D eigenvalue weighted by Gasteiger charge is 2.31. The van der Waals surface area contributed by atoms with E-state index in [1.807, 2.05) is 27.8 Å². The maximum absolute atomic E-state index is 12.1. The van der Waals surface area contributed by atoms with Crippen LogP contribution in [0.1, 0.15) is 41.5 Å².